The number of hydrogen-bond acceptors (Lipinski definition) is 5. The van der Waals surface area contributed by atoms with Gasteiger partial charge in [0, 0.05) is 5.69 Å². The molecule has 164 valence electrons. The van der Waals surface area contributed by atoms with Crippen LogP contribution in [0.15, 0.2) is 58.5 Å². The molecule has 6 nitrogen and oxygen atoms in total. The van der Waals surface area contributed by atoms with Crippen LogP contribution >= 0.6 is 0 Å². The van der Waals surface area contributed by atoms with Crippen molar-refractivity contribution in [3.63, 3.8) is 0 Å². The van der Waals surface area contributed by atoms with Crippen molar-refractivity contribution in [2.24, 2.45) is 0 Å². The summed E-state index contributed by atoms with van der Waals surface area (Å²) in [4.78, 5) is 28.0. The molecule has 0 radical (unpaired) electrons. The minimum absolute atomic E-state index is 0.0332. The highest BCUT2D eigenvalue weighted by Gasteiger charge is 2.49. The van der Waals surface area contributed by atoms with E-state index < -0.39 is 17.7 Å². The number of furan rings is 1. The van der Waals surface area contributed by atoms with E-state index in [0.29, 0.717) is 28.5 Å². The minimum Gasteiger partial charge on any atom is -0.507 e. The van der Waals surface area contributed by atoms with Crippen LogP contribution in [-0.2, 0) is 9.59 Å². The third-order valence-electron chi connectivity index (χ3n) is 5.71. The van der Waals surface area contributed by atoms with E-state index in [0.717, 1.165) is 16.7 Å². The summed E-state index contributed by atoms with van der Waals surface area (Å²) in [6, 6.07) is 13.6. The van der Waals surface area contributed by atoms with Gasteiger partial charge in [0.15, 0.2) is 0 Å². The first kappa shape index (κ1) is 21.4. The molecule has 0 saturated carbocycles. The first-order valence-corrected chi connectivity index (χ1v) is 10.3. The number of ketones is 1. The Morgan fingerprint density at radius 1 is 0.969 bits per heavy atom. The molecule has 4 rings (SSSR count). The van der Waals surface area contributed by atoms with Crippen molar-refractivity contribution in [3.05, 3.63) is 87.9 Å². The van der Waals surface area contributed by atoms with Gasteiger partial charge in [0.25, 0.3) is 11.7 Å². The molecule has 0 bridgehead atoms. The standard InChI is InChI=1S/C26H25NO5/c1-14-7-10-20(31-5)18(12-14)24(28)22-23(21-11-9-17(4)32-21)27(26(30)25(22)29)19-13-15(2)6-8-16(19)3/h6-13,23,28H,1-5H3/b24-22+. The fraction of sp³-hybridized carbons (Fsp3) is 0.231. The number of aliphatic hydroxyl groups is 1. The molecule has 1 unspecified atom stereocenters. The predicted molar refractivity (Wildman–Crippen MR) is 122 cm³/mol. The van der Waals surface area contributed by atoms with Gasteiger partial charge < -0.3 is 14.3 Å². The van der Waals surface area contributed by atoms with Crippen LogP contribution in [-0.4, -0.2) is 23.9 Å². The van der Waals surface area contributed by atoms with Gasteiger partial charge in [-0.2, -0.15) is 0 Å². The van der Waals surface area contributed by atoms with Crippen molar-refractivity contribution in [3.8, 4) is 5.75 Å². The van der Waals surface area contributed by atoms with E-state index in [1.807, 2.05) is 45.0 Å². The number of benzene rings is 2. The Bertz CT molecular complexity index is 1270. The number of nitrogens with zero attached hydrogens (tertiary/aromatic N) is 1. The first-order valence-electron chi connectivity index (χ1n) is 10.3. The summed E-state index contributed by atoms with van der Waals surface area (Å²) < 4.78 is 11.3. The molecule has 1 saturated heterocycles. The third kappa shape index (κ3) is 3.47. The minimum atomic E-state index is -0.908. The number of ether oxygens (including phenoxy) is 1. The van der Waals surface area contributed by atoms with Crippen LogP contribution in [0.25, 0.3) is 5.76 Å². The molecule has 3 aromatic rings. The molecular weight excluding hydrogens is 406 g/mol. The monoisotopic (exact) mass is 431 g/mol. The number of methoxy groups -OCH3 is 1. The Labute approximate surface area is 186 Å². The second kappa shape index (κ2) is 8.04. The Morgan fingerprint density at radius 3 is 2.31 bits per heavy atom. The number of amides is 1. The number of carbonyl (C=O) groups is 2. The highest BCUT2D eigenvalue weighted by molar-refractivity contribution is 6.51. The van der Waals surface area contributed by atoms with E-state index in [1.165, 1.54) is 12.0 Å². The molecular formula is C26H25NO5. The van der Waals surface area contributed by atoms with Gasteiger partial charge in [-0.25, -0.2) is 0 Å². The van der Waals surface area contributed by atoms with Crippen molar-refractivity contribution in [2.45, 2.75) is 33.7 Å². The maximum atomic E-state index is 13.3. The van der Waals surface area contributed by atoms with E-state index in [9.17, 15) is 14.7 Å². The van der Waals surface area contributed by atoms with Gasteiger partial charge in [-0.05, 0) is 69.2 Å². The topological polar surface area (TPSA) is 80.0 Å². The molecule has 2 aromatic carbocycles. The lowest BCUT2D eigenvalue weighted by atomic mass is 9.97. The molecule has 1 N–H and O–H groups in total. The highest BCUT2D eigenvalue weighted by atomic mass is 16.5. The number of rotatable bonds is 4. The zero-order valence-corrected chi connectivity index (χ0v) is 18.7. The number of Topliss-reactive ketones (excluding diaryl/α,β-unsaturated/α-hetero) is 1. The van der Waals surface area contributed by atoms with Crippen molar-refractivity contribution >= 4 is 23.1 Å². The van der Waals surface area contributed by atoms with Gasteiger partial charge in [0.1, 0.15) is 29.1 Å². The summed E-state index contributed by atoms with van der Waals surface area (Å²) in [7, 11) is 1.49. The van der Waals surface area contributed by atoms with E-state index >= 15 is 0 Å². The largest absolute Gasteiger partial charge is 0.507 e. The summed E-state index contributed by atoms with van der Waals surface area (Å²) in [6.45, 7) is 7.46. The van der Waals surface area contributed by atoms with E-state index in [4.69, 9.17) is 9.15 Å². The molecule has 1 amide bonds. The fourth-order valence-electron chi connectivity index (χ4n) is 4.08. The lowest BCUT2D eigenvalue weighted by molar-refractivity contribution is -0.132. The average Bonchev–Trinajstić information content (AvgIpc) is 3.30. The van der Waals surface area contributed by atoms with Gasteiger partial charge in [-0.15, -0.1) is 0 Å². The Balaban J connectivity index is 2.01. The predicted octanol–water partition coefficient (Wildman–Crippen LogP) is 5.15. The van der Waals surface area contributed by atoms with Crippen LogP contribution in [0.4, 0.5) is 5.69 Å². The van der Waals surface area contributed by atoms with E-state index in [1.54, 1.807) is 31.2 Å². The lowest BCUT2D eigenvalue weighted by Crippen LogP contribution is -2.30. The quantitative estimate of drug-likeness (QED) is 0.351. The van der Waals surface area contributed by atoms with E-state index in [-0.39, 0.29) is 11.3 Å². The normalized spacial score (nSPS) is 17.8. The molecule has 1 fully saturated rings. The number of hydrogen-bond donors (Lipinski definition) is 1. The van der Waals surface area contributed by atoms with Gasteiger partial charge in [0.05, 0.1) is 18.2 Å². The summed E-state index contributed by atoms with van der Waals surface area (Å²) in [6.07, 6.45) is 0. The zero-order chi connectivity index (χ0) is 23.2. The van der Waals surface area contributed by atoms with E-state index in [2.05, 4.69) is 0 Å². The molecule has 1 aliphatic rings. The second-order valence-corrected chi connectivity index (χ2v) is 8.11. The fourth-order valence-corrected chi connectivity index (χ4v) is 4.08. The highest BCUT2D eigenvalue weighted by Crippen LogP contribution is 2.44. The number of aliphatic hydroxyl groups excluding tert-OH is 1. The summed E-state index contributed by atoms with van der Waals surface area (Å²) in [5.41, 5.74) is 3.57. The molecule has 32 heavy (non-hydrogen) atoms. The van der Waals surface area contributed by atoms with Crippen molar-refractivity contribution < 1.29 is 23.8 Å². The van der Waals surface area contributed by atoms with Crippen LogP contribution in [0.2, 0.25) is 0 Å². The number of carbonyl (C=O) groups excluding carboxylic acids is 2. The van der Waals surface area contributed by atoms with Gasteiger partial charge in [-0.1, -0.05) is 23.8 Å². The maximum Gasteiger partial charge on any atom is 0.300 e. The second-order valence-electron chi connectivity index (χ2n) is 8.11. The van der Waals surface area contributed by atoms with Crippen molar-refractivity contribution in [1.82, 2.24) is 0 Å². The van der Waals surface area contributed by atoms with Gasteiger partial charge >= 0.3 is 0 Å². The SMILES string of the molecule is COc1ccc(C)cc1/C(O)=C1\C(=O)C(=O)N(c2cc(C)ccc2C)C1c1ccc(C)o1. The Kier molecular flexibility index (Phi) is 5.38. The van der Waals surface area contributed by atoms with Crippen molar-refractivity contribution in [2.75, 3.05) is 12.0 Å². The molecule has 1 aromatic heterocycles. The number of anilines is 1. The smallest absolute Gasteiger partial charge is 0.300 e. The molecule has 2 heterocycles. The van der Waals surface area contributed by atoms with Crippen LogP contribution in [0.1, 0.15) is 39.8 Å². The first-order chi connectivity index (χ1) is 15.2. The Morgan fingerprint density at radius 2 is 1.66 bits per heavy atom. The molecule has 0 spiro atoms. The van der Waals surface area contributed by atoms with Gasteiger partial charge in [0.2, 0.25) is 0 Å². The summed E-state index contributed by atoms with van der Waals surface area (Å²) in [5, 5.41) is 11.3. The zero-order valence-electron chi connectivity index (χ0n) is 18.7. The van der Waals surface area contributed by atoms with Crippen LogP contribution in [0, 0.1) is 27.7 Å². The van der Waals surface area contributed by atoms with Gasteiger partial charge in [-0.3, -0.25) is 14.5 Å². The Hall–Kier alpha value is -3.80. The molecule has 0 aliphatic carbocycles. The van der Waals surface area contributed by atoms with Crippen LogP contribution < -0.4 is 9.64 Å². The number of aryl methyl sites for hydroxylation is 4. The van der Waals surface area contributed by atoms with Crippen molar-refractivity contribution in [1.29, 1.82) is 0 Å². The molecule has 1 atom stereocenters. The van der Waals surface area contributed by atoms with Crippen LogP contribution in [0.3, 0.4) is 0 Å². The maximum absolute atomic E-state index is 13.3. The van der Waals surface area contributed by atoms with Crippen LogP contribution in [0.5, 0.6) is 5.75 Å². The average molecular weight is 431 g/mol. The summed E-state index contributed by atoms with van der Waals surface area (Å²) in [5.74, 6) is -0.344. The third-order valence-corrected chi connectivity index (χ3v) is 5.71. The summed E-state index contributed by atoms with van der Waals surface area (Å²) >= 11 is 0. The molecule has 6 heteroatoms. The molecule has 1 aliphatic heterocycles. The lowest BCUT2D eigenvalue weighted by Gasteiger charge is -2.25.